The molecule has 6 heteroatoms. The van der Waals surface area contributed by atoms with Crippen molar-refractivity contribution in [3.05, 3.63) is 0 Å². The van der Waals surface area contributed by atoms with Gasteiger partial charge in [0.15, 0.2) is 0 Å². The minimum atomic E-state index is -4.20. The smallest absolute Gasteiger partial charge is 0.344 e. The van der Waals surface area contributed by atoms with Crippen LogP contribution in [-0.4, -0.2) is 43.7 Å². The van der Waals surface area contributed by atoms with Gasteiger partial charge in [0.1, 0.15) is 0 Å². The SMILES string of the molecule is CCNCC(=O)N(C)CCC(F)(F)F. The zero-order valence-corrected chi connectivity index (χ0v) is 8.32. The van der Waals surface area contributed by atoms with Crippen molar-refractivity contribution < 1.29 is 18.0 Å². The largest absolute Gasteiger partial charge is 0.390 e. The predicted octanol–water partition coefficient (Wildman–Crippen LogP) is 1.01. The van der Waals surface area contributed by atoms with E-state index in [9.17, 15) is 18.0 Å². The van der Waals surface area contributed by atoms with Gasteiger partial charge < -0.3 is 10.2 Å². The summed E-state index contributed by atoms with van der Waals surface area (Å²) < 4.78 is 35.3. The Labute approximate surface area is 81.3 Å². The molecular weight excluding hydrogens is 197 g/mol. The molecule has 14 heavy (non-hydrogen) atoms. The quantitative estimate of drug-likeness (QED) is 0.737. The molecule has 0 aliphatic carbocycles. The average Bonchev–Trinajstić information content (AvgIpc) is 2.09. The number of halogens is 3. The van der Waals surface area contributed by atoms with Gasteiger partial charge in [0, 0.05) is 13.6 Å². The predicted molar refractivity (Wildman–Crippen MR) is 46.9 cm³/mol. The van der Waals surface area contributed by atoms with Crippen LogP contribution >= 0.6 is 0 Å². The third-order valence-corrected chi connectivity index (χ3v) is 1.68. The van der Waals surface area contributed by atoms with Crippen LogP contribution in [0.5, 0.6) is 0 Å². The van der Waals surface area contributed by atoms with Gasteiger partial charge in [-0.2, -0.15) is 13.2 Å². The lowest BCUT2D eigenvalue weighted by molar-refractivity contribution is -0.143. The van der Waals surface area contributed by atoms with Gasteiger partial charge in [-0.3, -0.25) is 4.79 Å². The van der Waals surface area contributed by atoms with Gasteiger partial charge in [-0.1, -0.05) is 6.92 Å². The Balaban J connectivity index is 3.73. The summed E-state index contributed by atoms with van der Waals surface area (Å²) in [5, 5.41) is 2.75. The van der Waals surface area contributed by atoms with Gasteiger partial charge in [-0.05, 0) is 6.54 Å². The minimum Gasteiger partial charge on any atom is -0.344 e. The molecule has 0 saturated heterocycles. The first-order valence-corrected chi connectivity index (χ1v) is 4.38. The van der Waals surface area contributed by atoms with Crippen molar-refractivity contribution >= 4 is 5.91 Å². The number of carbonyl (C=O) groups excluding carboxylic acids is 1. The molecule has 0 aromatic heterocycles. The number of likely N-dealkylation sites (N-methyl/N-ethyl adjacent to an activating group) is 2. The van der Waals surface area contributed by atoms with E-state index in [1.807, 2.05) is 6.92 Å². The van der Waals surface area contributed by atoms with Crippen molar-refractivity contribution in [1.82, 2.24) is 10.2 Å². The standard InChI is InChI=1S/C8H15F3N2O/c1-3-12-6-7(14)13(2)5-4-8(9,10)11/h12H,3-6H2,1-2H3. The Kier molecular flexibility index (Phi) is 5.52. The fourth-order valence-corrected chi connectivity index (χ4v) is 0.786. The fraction of sp³-hybridized carbons (Fsp3) is 0.875. The zero-order valence-electron chi connectivity index (χ0n) is 8.32. The fourth-order valence-electron chi connectivity index (χ4n) is 0.786. The van der Waals surface area contributed by atoms with Crippen molar-refractivity contribution in [2.45, 2.75) is 19.5 Å². The highest BCUT2D eigenvalue weighted by Gasteiger charge is 2.27. The van der Waals surface area contributed by atoms with Crippen molar-refractivity contribution in [1.29, 1.82) is 0 Å². The Hall–Kier alpha value is -0.780. The van der Waals surface area contributed by atoms with Gasteiger partial charge in [0.25, 0.3) is 0 Å². The number of hydrogen-bond acceptors (Lipinski definition) is 2. The van der Waals surface area contributed by atoms with Crippen LogP contribution in [0.1, 0.15) is 13.3 Å². The average molecular weight is 212 g/mol. The van der Waals surface area contributed by atoms with Crippen molar-refractivity contribution in [2.75, 3.05) is 26.7 Å². The van der Waals surface area contributed by atoms with Gasteiger partial charge in [-0.15, -0.1) is 0 Å². The molecule has 1 amide bonds. The number of nitrogens with zero attached hydrogens (tertiary/aromatic N) is 1. The molecule has 0 bridgehead atoms. The van der Waals surface area contributed by atoms with Crippen LogP contribution in [0, 0.1) is 0 Å². The van der Waals surface area contributed by atoms with Gasteiger partial charge in [0.05, 0.1) is 13.0 Å². The summed E-state index contributed by atoms with van der Waals surface area (Å²) >= 11 is 0. The first-order chi connectivity index (χ1) is 6.37. The second kappa shape index (κ2) is 5.85. The summed E-state index contributed by atoms with van der Waals surface area (Å²) in [5.41, 5.74) is 0. The molecule has 0 aromatic rings. The summed E-state index contributed by atoms with van der Waals surface area (Å²) in [7, 11) is 1.37. The maximum atomic E-state index is 11.8. The third kappa shape index (κ3) is 6.71. The number of amides is 1. The molecule has 3 nitrogen and oxygen atoms in total. The Bertz CT molecular complexity index is 182. The van der Waals surface area contributed by atoms with E-state index in [2.05, 4.69) is 5.32 Å². The van der Waals surface area contributed by atoms with E-state index in [0.29, 0.717) is 6.54 Å². The number of hydrogen-bond donors (Lipinski definition) is 1. The van der Waals surface area contributed by atoms with E-state index >= 15 is 0 Å². The van der Waals surface area contributed by atoms with Gasteiger partial charge in [-0.25, -0.2) is 0 Å². The van der Waals surface area contributed by atoms with Crippen LogP contribution in [0.3, 0.4) is 0 Å². The highest BCUT2D eigenvalue weighted by Crippen LogP contribution is 2.19. The molecule has 0 aliphatic rings. The lowest BCUT2D eigenvalue weighted by atomic mass is 10.3. The number of rotatable bonds is 5. The maximum Gasteiger partial charge on any atom is 0.390 e. The second-order valence-electron chi connectivity index (χ2n) is 2.96. The number of carbonyl (C=O) groups is 1. The molecule has 0 fully saturated rings. The number of nitrogens with one attached hydrogen (secondary N) is 1. The molecule has 0 radical (unpaired) electrons. The minimum absolute atomic E-state index is 0.0882. The Morgan fingerprint density at radius 1 is 1.43 bits per heavy atom. The van der Waals surface area contributed by atoms with Crippen LogP contribution in [0.2, 0.25) is 0 Å². The Morgan fingerprint density at radius 3 is 2.43 bits per heavy atom. The maximum absolute atomic E-state index is 11.8. The molecule has 0 atom stereocenters. The van der Waals surface area contributed by atoms with E-state index < -0.39 is 12.6 Å². The molecule has 0 heterocycles. The van der Waals surface area contributed by atoms with Gasteiger partial charge in [0.2, 0.25) is 5.91 Å². The third-order valence-electron chi connectivity index (χ3n) is 1.68. The highest BCUT2D eigenvalue weighted by molar-refractivity contribution is 5.77. The second-order valence-corrected chi connectivity index (χ2v) is 2.96. The summed E-state index contributed by atoms with van der Waals surface area (Å²) in [4.78, 5) is 12.2. The zero-order chi connectivity index (χ0) is 11.2. The van der Waals surface area contributed by atoms with Crippen LogP contribution in [0.4, 0.5) is 13.2 Å². The highest BCUT2D eigenvalue weighted by atomic mass is 19.4. The topological polar surface area (TPSA) is 32.3 Å². The molecular formula is C8H15F3N2O. The van der Waals surface area contributed by atoms with Crippen molar-refractivity contribution in [3.63, 3.8) is 0 Å². The summed E-state index contributed by atoms with van der Waals surface area (Å²) in [6.45, 7) is 2.25. The van der Waals surface area contributed by atoms with Crippen LogP contribution in [0.15, 0.2) is 0 Å². The van der Waals surface area contributed by atoms with E-state index in [1.54, 1.807) is 0 Å². The molecule has 1 N–H and O–H groups in total. The van der Waals surface area contributed by atoms with E-state index in [-0.39, 0.29) is 19.0 Å². The van der Waals surface area contributed by atoms with Crippen molar-refractivity contribution in [3.8, 4) is 0 Å². The first-order valence-electron chi connectivity index (χ1n) is 4.38. The number of alkyl halides is 3. The normalized spacial score (nSPS) is 11.5. The molecule has 84 valence electrons. The Morgan fingerprint density at radius 2 is 2.00 bits per heavy atom. The lowest BCUT2D eigenvalue weighted by Crippen LogP contribution is -2.37. The molecule has 0 aliphatic heterocycles. The van der Waals surface area contributed by atoms with E-state index in [1.165, 1.54) is 7.05 Å². The van der Waals surface area contributed by atoms with Crippen LogP contribution in [-0.2, 0) is 4.79 Å². The van der Waals surface area contributed by atoms with E-state index in [0.717, 1.165) is 4.90 Å². The summed E-state index contributed by atoms with van der Waals surface area (Å²) in [5.74, 6) is -0.323. The summed E-state index contributed by atoms with van der Waals surface area (Å²) in [6.07, 6.45) is -5.16. The molecule has 0 saturated carbocycles. The molecule has 0 unspecified atom stereocenters. The monoisotopic (exact) mass is 212 g/mol. The molecule has 0 rings (SSSR count). The lowest BCUT2D eigenvalue weighted by Gasteiger charge is -2.18. The molecule has 0 aromatic carbocycles. The van der Waals surface area contributed by atoms with Crippen molar-refractivity contribution in [2.24, 2.45) is 0 Å². The summed E-state index contributed by atoms with van der Waals surface area (Å²) in [6, 6.07) is 0. The van der Waals surface area contributed by atoms with Gasteiger partial charge >= 0.3 is 6.18 Å². The van der Waals surface area contributed by atoms with E-state index in [4.69, 9.17) is 0 Å². The first kappa shape index (κ1) is 13.2. The van der Waals surface area contributed by atoms with Crippen LogP contribution < -0.4 is 5.32 Å². The molecule has 0 spiro atoms. The van der Waals surface area contributed by atoms with Crippen LogP contribution in [0.25, 0.3) is 0 Å².